The van der Waals surface area contributed by atoms with Gasteiger partial charge in [0.1, 0.15) is 11.3 Å². The molecular formula is C17H14F2N2O4S. The van der Waals surface area contributed by atoms with E-state index in [2.05, 4.69) is 15.0 Å². The summed E-state index contributed by atoms with van der Waals surface area (Å²) in [6.07, 6.45) is 0. The molecule has 0 spiro atoms. The third-order valence-corrected chi connectivity index (χ3v) is 4.40. The molecule has 1 aromatic heterocycles. The monoisotopic (exact) mass is 380 g/mol. The quantitative estimate of drug-likeness (QED) is 0.695. The fraction of sp³-hybridized carbons (Fsp3) is 0.176. The lowest BCUT2D eigenvalue weighted by molar-refractivity contribution is -0.0512. The highest BCUT2D eigenvalue weighted by atomic mass is 32.1. The molecule has 0 bridgehead atoms. The number of thiazole rings is 1. The highest BCUT2D eigenvalue weighted by Crippen LogP contribution is 2.33. The number of carbonyl (C=O) groups excluding carboxylic acids is 1. The number of fused-ring (bicyclic) bond motifs is 1. The van der Waals surface area contributed by atoms with Crippen LogP contribution in [-0.2, 0) is 0 Å². The van der Waals surface area contributed by atoms with Gasteiger partial charge in [0.25, 0.3) is 5.91 Å². The predicted octanol–water partition coefficient (Wildman–Crippen LogP) is 4.17. The maximum atomic E-state index is 12.4. The first kappa shape index (κ1) is 17.9. The number of anilines is 1. The standard InChI is InChI=1S/C17H14F2N2O4S/c1-23-11-4-3-5-13-14(11)20-17(26-13)21-15(22)9-6-7-10(25-16(18)19)12(8-9)24-2/h3-8,16H,1-2H3,(H,20,21,22). The zero-order valence-electron chi connectivity index (χ0n) is 13.8. The van der Waals surface area contributed by atoms with Crippen molar-refractivity contribution in [3.8, 4) is 17.2 Å². The Bertz CT molecular complexity index is 946. The summed E-state index contributed by atoms with van der Waals surface area (Å²) in [4.78, 5) is 16.8. The van der Waals surface area contributed by atoms with Crippen LogP contribution in [0.5, 0.6) is 17.2 Å². The summed E-state index contributed by atoms with van der Waals surface area (Å²) < 4.78 is 40.2. The number of rotatable bonds is 6. The maximum absolute atomic E-state index is 12.4. The third-order valence-electron chi connectivity index (χ3n) is 3.46. The number of hydrogen-bond acceptors (Lipinski definition) is 6. The van der Waals surface area contributed by atoms with Crippen molar-refractivity contribution in [1.82, 2.24) is 4.98 Å². The topological polar surface area (TPSA) is 69.7 Å². The summed E-state index contributed by atoms with van der Waals surface area (Å²) in [7, 11) is 2.84. The second-order valence-electron chi connectivity index (χ2n) is 5.02. The zero-order chi connectivity index (χ0) is 18.7. The summed E-state index contributed by atoms with van der Waals surface area (Å²) in [5.74, 6) is 0.0343. The Balaban J connectivity index is 1.84. The van der Waals surface area contributed by atoms with Crippen molar-refractivity contribution < 1.29 is 27.8 Å². The fourth-order valence-electron chi connectivity index (χ4n) is 2.31. The molecule has 0 aliphatic carbocycles. The lowest BCUT2D eigenvalue weighted by Crippen LogP contribution is -2.12. The van der Waals surface area contributed by atoms with Gasteiger partial charge in [0.2, 0.25) is 0 Å². The van der Waals surface area contributed by atoms with Crippen LogP contribution in [0.4, 0.5) is 13.9 Å². The van der Waals surface area contributed by atoms with Gasteiger partial charge in [-0.05, 0) is 30.3 Å². The van der Waals surface area contributed by atoms with Crippen LogP contribution in [0.1, 0.15) is 10.4 Å². The molecule has 0 aliphatic rings. The second kappa shape index (κ2) is 7.52. The average Bonchev–Trinajstić information content (AvgIpc) is 3.03. The van der Waals surface area contributed by atoms with Crippen LogP contribution >= 0.6 is 11.3 Å². The largest absolute Gasteiger partial charge is 0.494 e. The van der Waals surface area contributed by atoms with Crippen molar-refractivity contribution in [2.45, 2.75) is 6.61 Å². The van der Waals surface area contributed by atoms with Crippen molar-refractivity contribution in [2.75, 3.05) is 19.5 Å². The van der Waals surface area contributed by atoms with Gasteiger partial charge in [-0.25, -0.2) is 4.98 Å². The van der Waals surface area contributed by atoms with Crippen LogP contribution in [-0.4, -0.2) is 31.7 Å². The number of nitrogens with one attached hydrogen (secondary N) is 1. The normalized spacial score (nSPS) is 10.8. The number of methoxy groups -OCH3 is 2. The molecule has 26 heavy (non-hydrogen) atoms. The van der Waals surface area contributed by atoms with E-state index >= 15 is 0 Å². The molecule has 0 unspecified atom stereocenters. The van der Waals surface area contributed by atoms with Crippen LogP contribution in [0.3, 0.4) is 0 Å². The average molecular weight is 380 g/mol. The Labute approximate surface area is 151 Å². The SMILES string of the molecule is COc1cc(C(=O)Nc2nc3c(OC)cccc3s2)ccc1OC(F)F. The number of benzene rings is 2. The number of halogens is 2. The van der Waals surface area contributed by atoms with Crippen molar-refractivity contribution >= 4 is 32.6 Å². The molecule has 0 fully saturated rings. The Morgan fingerprint density at radius 3 is 2.58 bits per heavy atom. The van der Waals surface area contributed by atoms with Crippen LogP contribution in [0.25, 0.3) is 10.2 Å². The van der Waals surface area contributed by atoms with Gasteiger partial charge < -0.3 is 14.2 Å². The smallest absolute Gasteiger partial charge is 0.387 e. The number of ether oxygens (including phenoxy) is 3. The van der Waals surface area contributed by atoms with E-state index in [4.69, 9.17) is 9.47 Å². The van der Waals surface area contributed by atoms with Crippen molar-refractivity contribution in [1.29, 1.82) is 0 Å². The number of aromatic nitrogens is 1. The molecule has 0 radical (unpaired) electrons. The molecule has 6 nitrogen and oxygen atoms in total. The first-order chi connectivity index (χ1) is 12.5. The summed E-state index contributed by atoms with van der Waals surface area (Å²) in [5, 5.41) is 3.07. The van der Waals surface area contributed by atoms with E-state index in [-0.39, 0.29) is 17.1 Å². The summed E-state index contributed by atoms with van der Waals surface area (Å²) >= 11 is 1.29. The molecule has 9 heteroatoms. The Hall–Kier alpha value is -2.94. The van der Waals surface area contributed by atoms with E-state index in [1.54, 1.807) is 13.2 Å². The van der Waals surface area contributed by atoms with Gasteiger partial charge in [0, 0.05) is 5.56 Å². The Kier molecular flexibility index (Phi) is 5.17. The Morgan fingerprint density at radius 1 is 1.12 bits per heavy atom. The molecule has 0 saturated heterocycles. The number of amides is 1. The second-order valence-corrected chi connectivity index (χ2v) is 6.05. The summed E-state index contributed by atoms with van der Waals surface area (Å²) in [5.41, 5.74) is 0.864. The van der Waals surface area contributed by atoms with Gasteiger partial charge in [-0.1, -0.05) is 17.4 Å². The molecule has 0 atom stereocenters. The van der Waals surface area contributed by atoms with Crippen molar-refractivity contribution in [3.63, 3.8) is 0 Å². The molecule has 3 rings (SSSR count). The molecule has 0 aliphatic heterocycles. The molecule has 1 heterocycles. The van der Waals surface area contributed by atoms with Crippen molar-refractivity contribution in [2.24, 2.45) is 0 Å². The number of carbonyl (C=O) groups is 1. The van der Waals surface area contributed by atoms with Crippen LogP contribution < -0.4 is 19.5 Å². The van der Waals surface area contributed by atoms with E-state index in [0.717, 1.165) is 4.70 Å². The third kappa shape index (κ3) is 3.67. The molecular weight excluding hydrogens is 366 g/mol. The maximum Gasteiger partial charge on any atom is 0.387 e. The lowest BCUT2D eigenvalue weighted by Gasteiger charge is -2.11. The minimum absolute atomic E-state index is 0.0314. The molecule has 2 aromatic carbocycles. The molecule has 0 saturated carbocycles. The number of nitrogens with zero attached hydrogens (tertiary/aromatic N) is 1. The van der Waals surface area contributed by atoms with Gasteiger partial charge in [-0.2, -0.15) is 8.78 Å². The van der Waals surface area contributed by atoms with Gasteiger partial charge in [0.05, 0.1) is 18.9 Å². The highest BCUT2D eigenvalue weighted by molar-refractivity contribution is 7.22. The molecule has 1 N–H and O–H groups in total. The minimum Gasteiger partial charge on any atom is -0.494 e. The van der Waals surface area contributed by atoms with Crippen LogP contribution in [0.15, 0.2) is 36.4 Å². The number of para-hydroxylation sites is 1. The summed E-state index contributed by atoms with van der Waals surface area (Å²) in [6.45, 7) is -2.98. The van der Waals surface area contributed by atoms with Crippen LogP contribution in [0, 0.1) is 0 Å². The van der Waals surface area contributed by atoms with E-state index in [1.165, 1.54) is 36.6 Å². The van der Waals surface area contributed by atoms with Crippen molar-refractivity contribution in [3.05, 3.63) is 42.0 Å². The van der Waals surface area contributed by atoms with Gasteiger partial charge in [0.15, 0.2) is 16.6 Å². The van der Waals surface area contributed by atoms with Gasteiger partial charge in [-0.3, -0.25) is 10.1 Å². The molecule has 3 aromatic rings. The van der Waals surface area contributed by atoms with E-state index in [1.807, 2.05) is 12.1 Å². The van der Waals surface area contributed by atoms with E-state index in [9.17, 15) is 13.6 Å². The lowest BCUT2D eigenvalue weighted by atomic mass is 10.2. The first-order valence-electron chi connectivity index (χ1n) is 7.39. The van der Waals surface area contributed by atoms with E-state index in [0.29, 0.717) is 16.4 Å². The fourth-order valence-corrected chi connectivity index (χ4v) is 3.19. The van der Waals surface area contributed by atoms with Gasteiger partial charge >= 0.3 is 6.61 Å². The highest BCUT2D eigenvalue weighted by Gasteiger charge is 2.16. The van der Waals surface area contributed by atoms with Crippen LogP contribution in [0.2, 0.25) is 0 Å². The van der Waals surface area contributed by atoms with E-state index < -0.39 is 12.5 Å². The minimum atomic E-state index is -2.98. The predicted molar refractivity (Wildman–Crippen MR) is 93.8 cm³/mol. The summed E-state index contributed by atoms with van der Waals surface area (Å²) in [6, 6.07) is 9.41. The van der Waals surface area contributed by atoms with Gasteiger partial charge in [-0.15, -0.1) is 0 Å². The number of hydrogen-bond donors (Lipinski definition) is 1. The first-order valence-corrected chi connectivity index (χ1v) is 8.21. The molecule has 136 valence electrons. The number of alkyl halides is 2. The zero-order valence-corrected chi connectivity index (χ0v) is 14.6. The Morgan fingerprint density at radius 2 is 1.88 bits per heavy atom. The molecule has 1 amide bonds.